The predicted octanol–water partition coefficient (Wildman–Crippen LogP) is 4.41. The fraction of sp³-hybridized carbons (Fsp3) is 0.923. The number of hydrogen-bond donors (Lipinski definition) is 1. The molecule has 1 rings (SSSR count). The van der Waals surface area contributed by atoms with Crippen LogP contribution in [0.1, 0.15) is 39.0 Å². The average Bonchev–Trinajstić information content (AvgIpc) is 2.44. The molecule has 2 atom stereocenters. The van der Waals surface area contributed by atoms with Crippen molar-refractivity contribution in [3.05, 3.63) is 0 Å². The van der Waals surface area contributed by atoms with Crippen LogP contribution < -0.4 is 5.32 Å². The smallest absolute Gasteiger partial charge is 0.349 e. The molecule has 0 spiro atoms. The average molecular weight is 423 g/mol. The molecule has 1 aliphatic carbocycles. The number of halogens is 5. The van der Waals surface area contributed by atoms with Crippen molar-refractivity contribution in [2.45, 2.75) is 50.7 Å². The molecule has 0 heterocycles. The van der Waals surface area contributed by atoms with Crippen LogP contribution in [-0.2, 0) is 4.79 Å². The summed E-state index contributed by atoms with van der Waals surface area (Å²) in [5.41, 5.74) is -0.428. The monoisotopic (exact) mass is 421 g/mol. The Labute approximate surface area is 134 Å². The Hall–Kier alpha value is 0.220. The first-order valence-electron chi connectivity index (χ1n) is 6.78. The summed E-state index contributed by atoms with van der Waals surface area (Å²) < 4.78 is 38.3. The number of amides is 1. The summed E-state index contributed by atoms with van der Waals surface area (Å²) in [6.07, 6.45) is -2.41. The van der Waals surface area contributed by atoms with Crippen LogP contribution in [0.15, 0.2) is 0 Å². The van der Waals surface area contributed by atoms with E-state index in [9.17, 15) is 18.0 Å². The van der Waals surface area contributed by atoms with E-state index in [2.05, 4.69) is 37.2 Å². The zero-order valence-electron chi connectivity index (χ0n) is 11.4. The minimum absolute atomic E-state index is 0.0836. The molecular weight excluding hydrogens is 403 g/mol. The van der Waals surface area contributed by atoms with E-state index in [0.717, 1.165) is 0 Å². The molecule has 20 heavy (non-hydrogen) atoms. The van der Waals surface area contributed by atoms with Gasteiger partial charge in [0.1, 0.15) is 0 Å². The van der Waals surface area contributed by atoms with Crippen LogP contribution in [0, 0.1) is 11.8 Å². The van der Waals surface area contributed by atoms with Crippen LogP contribution in [0.3, 0.4) is 0 Å². The van der Waals surface area contributed by atoms with Gasteiger partial charge < -0.3 is 5.32 Å². The molecule has 0 aromatic heterocycles. The van der Waals surface area contributed by atoms with E-state index in [1.165, 1.54) is 0 Å². The molecule has 2 unspecified atom stereocenters. The quantitative estimate of drug-likeness (QED) is 0.653. The third kappa shape index (κ3) is 4.61. The maximum absolute atomic E-state index is 12.8. The fourth-order valence-electron chi connectivity index (χ4n) is 2.47. The van der Waals surface area contributed by atoms with Crippen molar-refractivity contribution in [3.63, 3.8) is 0 Å². The third-order valence-electron chi connectivity index (χ3n) is 4.08. The van der Waals surface area contributed by atoms with E-state index in [0.29, 0.717) is 29.9 Å². The molecule has 0 bridgehead atoms. The summed E-state index contributed by atoms with van der Waals surface area (Å²) in [5, 5.41) is 4.07. The van der Waals surface area contributed by atoms with Gasteiger partial charge in [-0.1, -0.05) is 45.2 Å². The largest absolute Gasteiger partial charge is 0.391 e. The number of carbonyl (C=O) groups excluding carboxylic acids is 1. The van der Waals surface area contributed by atoms with Gasteiger partial charge in [-0.3, -0.25) is 4.79 Å². The highest BCUT2D eigenvalue weighted by atomic mass is 79.9. The van der Waals surface area contributed by atoms with Gasteiger partial charge in [-0.2, -0.15) is 13.2 Å². The summed E-state index contributed by atoms with van der Waals surface area (Å²) >= 11 is 6.73. The van der Waals surface area contributed by atoms with Crippen molar-refractivity contribution in [1.82, 2.24) is 5.32 Å². The van der Waals surface area contributed by atoms with Gasteiger partial charge in [0.05, 0.1) is 11.5 Å². The second-order valence-electron chi connectivity index (χ2n) is 5.49. The molecule has 1 N–H and O–H groups in total. The second-order valence-corrected chi connectivity index (χ2v) is 6.61. The summed E-state index contributed by atoms with van der Waals surface area (Å²) in [4.78, 5) is 12.2. The summed E-state index contributed by atoms with van der Waals surface area (Å²) in [6.45, 7) is 1.95. The van der Waals surface area contributed by atoms with E-state index in [1.54, 1.807) is 0 Å². The van der Waals surface area contributed by atoms with E-state index in [4.69, 9.17) is 0 Å². The van der Waals surface area contributed by atoms with E-state index >= 15 is 0 Å². The van der Waals surface area contributed by atoms with Gasteiger partial charge in [-0.15, -0.1) is 0 Å². The highest BCUT2D eigenvalue weighted by molar-refractivity contribution is 9.09. The highest BCUT2D eigenvalue weighted by Gasteiger charge is 2.44. The fourth-order valence-corrected chi connectivity index (χ4v) is 4.47. The second kappa shape index (κ2) is 7.47. The van der Waals surface area contributed by atoms with Crippen molar-refractivity contribution < 1.29 is 18.0 Å². The molecule has 0 aromatic carbocycles. The van der Waals surface area contributed by atoms with Gasteiger partial charge in [0.25, 0.3) is 0 Å². The topological polar surface area (TPSA) is 29.1 Å². The molecule has 1 amide bonds. The maximum atomic E-state index is 12.8. The van der Waals surface area contributed by atoms with Crippen molar-refractivity contribution in [1.29, 1.82) is 0 Å². The Kier molecular flexibility index (Phi) is 6.83. The minimum atomic E-state index is -4.19. The first kappa shape index (κ1) is 18.3. The zero-order valence-corrected chi connectivity index (χ0v) is 14.6. The molecule has 0 aromatic rings. The molecule has 7 heteroatoms. The van der Waals surface area contributed by atoms with Crippen molar-refractivity contribution in [2.75, 3.05) is 10.7 Å². The molecule has 1 aliphatic rings. The predicted molar refractivity (Wildman–Crippen MR) is 80.3 cm³/mol. The highest BCUT2D eigenvalue weighted by Crippen LogP contribution is 2.40. The number of rotatable bonds is 5. The van der Waals surface area contributed by atoms with Crippen LogP contribution >= 0.6 is 31.9 Å². The summed E-state index contributed by atoms with van der Waals surface area (Å²) in [5.74, 6) is -2.12. The molecule has 2 nitrogen and oxygen atoms in total. The Morgan fingerprint density at radius 3 is 2.30 bits per heavy atom. The van der Waals surface area contributed by atoms with Gasteiger partial charge in [-0.05, 0) is 25.7 Å². The first-order valence-corrected chi connectivity index (χ1v) is 9.03. The number of nitrogens with one attached hydrogen (secondary N) is 1. The molecule has 0 saturated heterocycles. The van der Waals surface area contributed by atoms with E-state index in [1.807, 2.05) is 6.92 Å². The molecular formula is C13H20Br2F3NO. The van der Waals surface area contributed by atoms with Crippen molar-refractivity contribution in [3.8, 4) is 0 Å². The Balaban J connectivity index is 2.68. The first-order chi connectivity index (χ1) is 9.28. The van der Waals surface area contributed by atoms with Crippen LogP contribution in [0.2, 0.25) is 0 Å². The maximum Gasteiger partial charge on any atom is 0.391 e. The van der Waals surface area contributed by atoms with Gasteiger partial charge in [0.15, 0.2) is 0 Å². The lowest BCUT2D eigenvalue weighted by Crippen LogP contribution is -2.53. The standard InChI is InChI=1S/C13H20Br2F3NO/c1-2-12(7-14,8-15)19-11(20)9-4-3-5-10(6-9)13(16,17)18/h9-10H,2-8H2,1H3,(H,19,20). The van der Waals surface area contributed by atoms with Gasteiger partial charge in [0, 0.05) is 16.6 Å². The summed E-state index contributed by atoms with van der Waals surface area (Å²) in [7, 11) is 0. The number of alkyl halides is 5. The van der Waals surface area contributed by atoms with Crippen molar-refractivity contribution >= 4 is 37.8 Å². The lowest BCUT2D eigenvalue weighted by molar-refractivity contribution is -0.186. The minimum Gasteiger partial charge on any atom is -0.349 e. The molecule has 1 saturated carbocycles. The molecule has 118 valence electrons. The van der Waals surface area contributed by atoms with E-state index < -0.39 is 23.6 Å². The van der Waals surface area contributed by atoms with Gasteiger partial charge >= 0.3 is 6.18 Å². The zero-order chi connectivity index (χ0) is 15.4. The van der Waals surface area contributed by atoms with Crippen LogP contribution in [-0.4, -0.2) is 28.3 Å². The lowest BCUT2D eigenvalue weighted by atomic mass is 9.80. The Bertz CT molecular complexity index is 324. The normalized spacial score (nSPS) is 24.5. The summed E-state index contributed by atoms with van der Waals surface area (Å²) in [6, 6.07) is 0. The Morgan fingerprint density at radius 2 is 1.85 bits per heavy atom. The lowest BCUT2D eigenvalue weighted by Gasteiger charge is -2.35. The molecule has 0 aliphatic heterocycles. The SMILES string of the molecule is CCC(CBr)(CBr)NC(=O)C1CCCC(C(F)(F)F)C1. The van der Waals surface area contributed by atoms with Crippen LogP contribution in [0.5, 0.6) is 0 Å². The van der Waals surface area contributed by atoms with Crippen LogP contribution in [0.25, 0.3) is 0 Å². The number of hydrogen-bond acceptors (Lipinski definition) is 1. The van der Waals surface area contributed by atoms with Gasteiger partial charge in [0.2, 0.25) is 5.91 Å². The Morgan fingerprint density at radius 1 is 1.25 bits per heavy atom. The van der Waals surface area contributed by atoms with Gasteiger partial charge in [-0.25, -0.2) is 0 Å². The van der Waals surface area contributed by atoms with Crippen molar-refractivity contribution in [2.24, 2.45) is 11.8 Å². The molecule has 0 radical (unpaired) electrons. The number of carbonyl (C=O) groups is 1. The van der Waals surface area contributed by atoms with Crippen LogP contribution in [0.4, 0.5) is 13.2 Å². The molecule has 1 fully saturated rings. The third-order valence-corrected chi connectivity index (χ3v) is 6.23. The van der Waals surface area contributed by atoms with E-state index in [-0.39, 0.29) is 18.7 Å².